The van der Waals surface area contributed by atoms with Crippen molar-refractivity contribution < 1.29 is 4.79 Å². The predicted molar refractivity (Wildman–Crippen MR) is 81.8 cm³/mol. The number of nitrogen functional groups attached to an aromatic ring is 1. The normalized spacial score (nSPS) is 10.2. The molecule has 1 aromatic heterocycles. The van der Waals surface area contributed by atoms with Crippen LogP contribution in [0.1, 0.15) is 26.7 Å². The molecule has 7 nitrogen and oxygen atoms in total. The molecule has 0 saturated heterocycles. The van der Waals surface area contributed by atoms with Gasteiger partial charge >= 0.3 is 0 Å². The summed E-state index contributed by atoms with van der Waals surface area (Å²) in [5, 5.41) is 5.80. The molecule has 0 aliphatic carbocycles. The van der Waals surface area contributed by atoms with E-state index in [2.05, 4.69) is 34.4 Å². The van der Waals surface area contributed by atoms with Crippen LogP contribution in [0.2, 0.25) is 0 Å². The zero-order chi connectivity index (χ0) is 15.0. The number of carbonyl (C=O) groups is 1. The first-order valence-electron chi connectivity index (χ1n) is 6.94. The summed E-state index contributed by atoms with van der Waals surface area (Å²) in [6.45, 7) is 5.94. The molecule has 1 aromatic rings. The van der Waals surface area contributed by atoms with Crippen molar-refractivity contribution in [2.75, 3.05) is 42.6 Å². The third kappa shape index (κ3) is 4.91. The predicted octanol–water partition coefficient (Wildman–Crippen LogP) is 0.843. The number of nitrogens with one attached hydrogen (secondary N) is 2. The average molecular weight is 280 g/mol. The van der Waals surface area contributed by atoms with Crippen molar-refractivity contribution in [1.29, 1.82) is 0 Å². The maximum Gasteiger partial charge on any atom is 0.239 e. The zero-order valence-corrected chi connectivity index (χ0v) is 12.4. The maximum absolute atomic E-state index is 11.6. The van der Waals surface area contributed by atoms with Gasteiger partial charge in [0, 0.05) is 26.2 Å². The molecule has 112 valence electrons. The van der Waals surface area contributed by atoms with Gasteiger partial charge < -0.3 is 21.3 Å². The first-order chi connectivity index (χ1) is 9.60. The van der Waals surface area contributed by atoms with Crippen LogP contribution in [0.4, 0.5) is 17.6 Å². The van der Waals surface area contributed by atoms with E-state index in [-0.39, 0.29) is 18.4 Å². The molecule has 0 unspecified atom stereocenters. The van der Waals surface area contributed by atoms with Crippen LogP contribution >= 0.6 is 0 Å². The van der Waals surface area contributed by atoms with Crippen molar-refractivity contribution in [2.24, 2.45) is 0 Å². The Bertz CT molecular complexity index is 437. The van der Waals surface area contributed by atoms with Crippen molar-refractivity contribution in [3.05, 3.63) is 6.07 Å². The van der Waals surface area contributed by atoms with Crippen LogP contribution < -0.4 is 21.3 Å². The van der Waals surface area contributed by atoms with Crippen molar-refractivity contribution in [3.8, 4) is 0 Å². The van der Waals surface area contributed by atoms with Crippen molar-refractivity contribution in [3.63, 3.8) is 0 Å². The number of rotatable bonds is 8. The molecule has 0 aromatic carbocycles. The molecule has 0 atom stereocenters. The molecule has 1 amide bonds. The molecule has 7 heteroatoms. The van der Waals surface area contributed by atoms with Crippen molar-refractivity contribution >= 4 is 23.5 Å². The minimum Gasteiger partial charge on any atom is -0.370 e. The topological polar surface area (TPSA) is 96.2 Å². The first kappa shape index (κ1) is 16.0. The van der Waals surface area contributed by atoms with Gasteiger partial charge in [0.15, 0.2) is 0 Å². The molecule has 0 fully saturated rings. The number of amides is 1. The van der Waals surface area contributed by atoms with Crippen LogP contribution in [0.5, 0.6) is 0 Å². The van der Waals surface area contributed by atoms with Gasteiger partial charge in [-0.15, -0.1) is 0 Å². The molecule has 20 heavy (non-hydrogen) atoms. The molecule has 0 radical (unpaired) electrons. The fourth-order valence-electron chi connectivity index (χ4n) is 1.76. The lowest BCUT2D eigenvalue weighted by atomic mass is 10.3. The Morgan fingerprint density at radius 1 is 1.35 bits per heavy atom. The van der Waals surface area contributed by atoms with E-state index in [4.69, 9.17) is 5.73 Å². The second-order valence-electron chi connectivity index (χ2n) is 4.49. The molecule has 0 aliphatic heterocycles. The van der Waals surface area contributed by atoms with E-state index in [0.717, 1.165) is 25.9 Å². The highest BCUT2D eigenvalue weighted by atomic mass is 16.1. The van der Waals surface area contributed by atoms with Gasteiger partial charge in [-0.2, -0.15) is 9.97 Å². The molecular formula is C13H24N6O. The lowest BCUT2D eigenvalue weighted by molar-refractivity contribution is -0.119. The summed E-state index contributed by atoms with van der Waals surface area (Å²) in [5.41, 5.74) is 5.74. The summed E-state index contributed by atoms with van der Waals surface area (Å²) in [4.78, 5) is 21.8. The number of hydrogen-bond acceptors (Lipinski definition) is 6. The van der Waals surface area contributed by atoms with E-state index in [0.29, 0.717) is 11.6 Å². The summed E-state index contributed by atoms with van der Waals surface area (Å²) in [6.07, 6.45) is 1.91. The third-order valence-corrected chi connectivity index (χ3v) is 2.72. The highest BCUT2D eigenvalue weighted by molar-refractivity contribution is 5.80. The Morgan fingerprint density at radius 3 is 2.70 bits per heavy atom. The van der Waals surface area contributed by atoms with E-state index in [1.807, 2.05) is 11.0 Å². The van der Waals surface area contributed by atoms with Gasteiger partial charge in [0.25, 0.3) is 0 Å². The van der Waals surface area contributed by atoms with E-state index in [9.17, 15) is 4.79 Å². The van der Waals surface area contributed by atoms with Gasteiger partial charge in [0.05, 0.1) is 6.54 Å². The second-order valence-corrected chi connectivity index (χ2v) is 4.49. The highest BCUT2D eigenvalue weighted by Crippen LogP contribution is 2.17. The average Bonchev–Trinajstić information content (AvgIpc) is 2.43. The number of nitrogens with zero attached hydrogens (tertiary/aromatic N) is 3. The minimum absolute atomic E-state index is 0.0568. The molecule has 0 saturated carbocycles. The summed E-state index contributed by atoms with van der Waals surface area (Å²) < 4.78 is 0. The van der Waals surface area contributed by atoms with Gasteiger partial charge in [-0.05, 0) is 12.8 Å². The van der Waals surface area contributed by atoms with E-state index in [1.54, 1.807) is 7.05 Å². The summed E-state index contributed by atoms with van der Waals surface area (Å²) >= 11 is 0. The second kappa shape index (κ2) is 8.19. The molecule has 0 aliphatic rings. The summed E-state index contributed by atoms with van der Waals surface area (Å²) in [5.74, 6) is 1.51. The zero-order valence-electron chi connectivity index (χ0n) is 12.4. The van der Waals surface area contributed by atoms with E-state index in [1.165, 1.54) is 0 Å². The number of anilines is 3. The monoisotopic (exact) mass is 280 g/mol. The summed E-state index contributed by atoms with van der Waals surface area (Å²) in [7, 11) is 1.62. The summed E-state index contributed by atoms with van der Waals surface area (Å²) in [6, 6.07) is 1.82. The molecule has 1 heterocycles. The van der Waals surface area contributed by atoms with Gasteiger partial charge in [-0.25, -0.2) is 0 Å². The Labute approximate surface area is 120 Å². The first-order valence-corrected chi connectivity index (χ1v) is 6.94. The fourth-order valence-corrected chi connectivity index (χ4v) is 1.76. The lowest BCUT2D eigenvalue weighted by Crippen LogP contribution is -2.36. The Hall–Kier alpha value is -2.05. The SMILES string of the molecule is CCCNc1cc(N(CCC)CC(=O)NC)nc(N)n1. The van der Waals surface area contributed by atoms with Gasteiger partial charge in [0.1, 0.15) is 11.6 Å². The largest absolute Gasteiger partial charge is 0.370 e. The number of aromatic nitrogens is 2. The van der Waals surface area contributed by atoms with Crippen LogP contribution in [0, 0.1) is 0 Å². The van der Waals surface area contributed by atoms with E-state index < -0.39 is 0 Å². The minimum atomic E-state index is -0.0568. The molecule has 1 rings (SSSR count). The number of hydrogen-bond donors (Lipinski definition) is 3. The van der Waals surface area contributed by atoms with E-state index >= 15 is 0 Å². The van der Waals surface area contributed by atoms with Gasteiger partial charge in [0.2, 0.25) is 11.9 Å². The van der Waals surface area contributed by atoms with Gasteiger partial charge in [-0.3, -0.25) is 4.79 Å². The van der Waals surface area contributed by atoms with Crippen molar-refractivity contribution in [2.45, 2.75) is 26.7 Å². The molecule has 4 N–H and O–H groups in total. The van der Waals surface area contributed by atoms with Crippen LogP contribution in [0.15, 0.2) is 6.07 Å². The number of carbonyl (C=O) groups excluding carboxylic acids is 1. The molecule has 0 bridgehead atoms. The molecular weight excluding hydrogens is 256 g/mol. The van der Waals surface area contributed by atoms with Crippen LogP contribution in [0.25, 0.3) is 0 Å². The number of nitrogens with two attached hydrogens (primary N) is 1. The maximum atomic E-state index is 11.6. The quantitative estimate of drug-likeness (QED) is 0.653. The van der Waals surface area contributed by atoms with Gasteiger partial charge in [-0.1, -0.05) is 13.8 Å². The standard InChI is InChI=1S/C13H24N6O/c1-4-6-16-10-8-11(18-13(14)17-10)19(7-5-2)9-12(20)15-3/h8H,4-7,9H2,1-3H3,(H,15,20)(H3,14,16,17,18). The Kier molecular flexibility index (Phi) is 6.55. The highest BCUT2D eigenvalue weighted by Gasteiger charge is 2.13. The number of likely N-dealkylation sites (N-methyl/N-ethyl adjacent to an activating group) is 1. The third-order valence-electron chi connectivity index (χ3n) is 2.72. The molecule has 0 spiro atoms. The smallest absolute Gasteiger partial charge is 0.239 e. The Balaban J connectivity index is 2.93. The lowest BCUT2D eigenvalue weighted by Gasteiger charge is -2.22. The van der Waals surface area contributed by atoms with Crippen molar-refractivity contribution in [1.82, 2.24) is 15.3 Å². The fraction of sp³-hybridized carbons (Fsp3) is 0.615. The van der Waals surface area contributed by atoms with Crippen LogP contribution in [-0.2, 0) is 4.79 Å². The van der Waals surface area contributed by atoms with Crippen LogP contribution in [0.3, 0.4) is 0 Å². The Morgan fingerprint density at radius 2 is 2.10 bits per heavy atom. The van der Waals surface area contributed by atoms with Crippen LogP contribution in [-0.4, -0.2) is 42.6 Å².